The van der Waals surface area contributed by atoms with Crippen LogP contribution in [0.5, 0.6) is 0 Å². The van der Waals surface area contributed by atoms with Crippen molar-refractivity contribution in [3.63, 3.8) is 0 Å². The molecule has 0 bridgehead atoms. The molecular formula is C21H18ClNO3. The Morgan fingerprint density at radius 2 is 1.85 bits per heavy atom. The van der Waals surface area contributed by atoms with Crippen LogP contribution in [0.3, 0.4) is 0 Å². The highest BCUT2D eigenvalue weighted by molar-refractivity contribution is 6.32. The molecule has 0 aliphatic carbocycles. The minimum absolute atomic E-state index is 0.209. The normalized spacial score (nSPS) is 11.6. The van der Waals surface area contributed by atoms with Gasteiger partial charge in [-0.3, -0.25) is 4.79 Å². The van der Waals surface area contributed by atoms with E-state index in [1.54, 1.807) is 12.1 Å². The molecule has 1 heterocycles. The molecule has 0 fully saturated rings. The predicted octanol–water partition coefficient (Wildman–Crippen LogP) is 4.67. The lowest BCUT2D eigenvalue weighted by atomic mass is 10.1. The number of hydrogen-bond acceptors (Lipinski definition) is 3. The number of fused-ring (bicyclic) bond motifs is 1. The van der Waals surface area contributed by atoms with Crippen LogP contribution in [0.25, 0.3) is 17.0 Å². The first-order valence-corrected chi connectivity index (χ1v) is 8.51. The Morgan fingerprint density at radius 1 is 1.15 bits per heavy atom. The number of halogens is 1. The standard InChI is InChI=1S/C21H18ClNO3/c1-14-17-8-4-6-10-19(17)23(20(14)13-24)12-16(21(25)26-2)11-15-7-3-5-9-18(15)22/h3-11,13H,12H2,1-2H3/b16-11+. The van der Waals surface area contributed by atoms with Crippen molar-refractivity contribution >= 4 is 40.8 Å². The van der Waals surface area contributed by atoms with Crippen LogP contribution in [0.2, 0.25) is 5.02 Å². The Kier molecular flexibility index (Phi) is 5.24. The molecule has 0 saturated heterocycles. The van der Waals surface area contributed by atoms with Gasteiger partial charge in [0.15, 0.2) is 6.29 Å². The van der Waals surface area contributed by atoms with Crippen molar-refractivity contribution in [1.82, 2.24) is 4.57 Å². The summed E-state index contributed by atoms with van der Waals surface area (Å²) in [6, 6.07) is 15.0. The smallest absolute Gasteiger partial charge is 0.335 e. The van der Waals surface area contributed by atoms with Crippen molar-refractivity contribution in [3.05, 3.63) is 75.9 Å². The topological polar surface area (TPSA) is 48.3 Å². The maximum Gasteiger partial charge on any atom is 0.335 e. The Bertz CT molecular complexity index is 1020. The Morgan fingerprint density at radius 3 is 2.54 bits per heavy atom. The minimum atomic E-state index is -0.461. The lowest BCUT2D eigenvalue weighted by Crippen LogP contribution is -2.13. The first-order chi connectivity index (χ1) is 12.6. The number of para-hydroxylation sites is 1. The summed E-state index contributed by atoms with van der Waals surface area (Å²) in [6.07, 6.45) is 2.52. The number of hydrogen-bond donors (Lipinski definition) is 0. The first kappa shape index (κ1) is 18.0. The third-order valence-electron chi connectivity index (χ3n) is 4.40. The molecule has 0 N–H and O–H groups in total. The molecule has 0 atom stereocenters. The van der Waals surface area contributed by atoms with Gasteiger partial charge in [0.1, 0.15) is 0 Å². The van der Waals surface area contributed by atoms with Gasteiger partial charge in [-0.1, -0.05) is 48.0 Å². The summed E-state index contributed by atoms with van der Waals surface area (Å²) in [5, 5.41) is 1.52. The predicted molar refractivity (Wildman–Crippen MR) is 104 cm³/mol. The number of carbonyl (C=O) groups excluding carboxylic acids is 2. The van der Waals surface area contributed by atoms with Crippen LogP contribution >= 0.6 is 11.6 Å². The van der Waals surface area contributed by atoms with E-state index in [0.717, 1.165) is 28.3 Å². The van der Waals surface area contributed by atoms with Gasteiger partial charge < -0.3 is 9.30 Å². The second-order valence-corrected chi connectivity index (χ2v) is 6.32. The van der Waals surface area contributed by atoms with Crippen molar-refractivity contribution in [2.75, 3.05) is 7.11 Å². The summed E-state index contributed by atoms with van der Waals surface area (Å²) in [5.41, 5.74) is 3.44. The average Bonchev–Trinajstić information content (AvgIpc) is 2.93. The third-order valence-corrected chi connectivity index (χ3v) is 4.74. The van der Waals surface area contributed by atoms with Crippen LogP contribution in [0, 0.1) is 6.92 Å². The second kappa shape index (κ2) is 7.58. The van der Waals surface area contributed by atoms with E-state index in [1.165, 1.54) is 7.11 Å². The van der Waals surface area contributed by atoms with Crippen LogP contribution < -0.4 is 0 Å². The van der Waals surface area contributed by atoms with Gasteiger partial charge in [-0.05, 0) is 36.3 Å². The number of carbonyl (C=O) groups is 2. The zero-order valence-electron chi connectivity index (χ0n) is 14.5. The minimum Gasteiger partial charge on any atom is -0.466 e. The van der Waals surface area contributed by atoms with Gasteiger partial charge in [-0.15, -0.1) is 0 Å². The molecule has 2 aromatic carbocycles. The molecule has 0 amide bonds. The van der Waals surface area contributed by atoms with Crippen LogP contribution in [0.15, 0.2) is 54.1 Å². The van der Waals surface area contributed by atoms with E-state index in [9.17, 15) is 9.59 Å². The largest absolute Gasteiger partial charge is 0.466 e. The highest BCUT2D eigenvalue weighted by atomic mass is 35.5. The summed E-state index contributed by atoms with van der Waals surface area (Å²) < 4.78 is 6.77. The van der Waals surface area contributed by atoms with Crippen LogP contribution in [0.4, 0.5) is 0 Å². The van der Waals surface area contributed by atoms with E-state index in [0.29, 0.717) is 16.3 Å². The summed E-state index contributed by atoms with van der Waals surface area (Å²) >= 11 is 6.22. The lowest BCUT2D eigenvalue weighted by molar-refractivity contribution is -0.136. The Labute approximate surface area is 156 Å². The van der Waals surface area contributed by atoms with Crippen molar-refractivity contribution in [2.45, 2.75) is 13.5 Å². The molecule has 1 aromatic heterocycles. The van der Waals surface area contributed by atoms with E-state index >= 15 is 0 Å². The molecule has 3 aromatic rings. The number of aryl methyl sites for hydroxylation is 1. The van der Waals surface area contributed by atoms with Crippen molar-refractivity contribution in [3.8, 4) is 0 Å². The summed E-state index contributed by atoms with van der Waals surface area (Å²) in [7, 11) is 1.34. The lowest BCUT2D eigenvalue weighted by Gasteiger charge is -2.11. The molecule has 0 unspecified atom stereocenters. The fourth-order valence-corrected chi connectivity index (χ4v) is 3.26. The molecule has 0 aliphatic rings. The SMILES string of the molecule is COC(=O)/C(=C/c1ccccc1Cl)Cn1c(C=O)c(C)c2ccccc21. The van der Waals surface area contributed by atoms with Gasteiger partial charge in [0, 0.05) is 15.9 Å². The number of benzene rings is 2. The number of ether oxygens (including phenoxy) is 1. The molecule has 5 heteroatoms. The Balaban J connectivity index is 2.15. The highest BCUT2D eigenvalue weighted by Gasteiger charge is 2.18. The molecule has 132 valence electrons. The van der Waals surface area contributed by atoms with E-state index in [-0.39, 0.29) is 6.54 Å². The van der Waals surface area contributed by atoms with Gasteiger partial charge in [-0.25, -0.2) is 4.79 Å². The summed E-state index contributed by atoms with van der Waals surface area (Å²) in [5.74, 6) is -0.461. The number of aromatic nitrogens is 1. The zero-order chi connectivity index (χ0) is 18.7. The number of nitrogens with zero attached hydrogens (tertiary/aromatic N) is 1. The van der Waals surface area contributed by atoms with Gasteiger partial charge in [0.05, 0.1) is 24.9 Å². The van der Waals surface area contributed by atoms with Crippen LogP contribution in [0.1, 0.15) is 21.6 Å². The fourth-order valence-electron chi connectivity index (χ4n) is 3.07. The number of aldehydes is 1. The quantitative estimate of drug-likeness (QED) is 0.374. The van der Waals surface area contributed by atoms with E-state index in [1.807, 2.05) is 54.0 Å². The molecule has 0 aliphatic heterocycles. The van der Waals surface area contributed by atoms with E-state index in [4.69, 9.17) is 16.3 Å². The van der Waals surface area contributed by atoms with Gasteiger partial charge in [0.25, 0.3) is 0 Å². The molecule has 0 saturated carbocycles. The number of methoxy groups -OCH3 is 1. The molecule has 26 heavy (non-hydrogen) atoms. The maximum absolute atomic E-state index is 12.3. The number of esters is 1. The van der Waals surface area contributed by atoms with Crippen molar-refractivity contribution in [1.29, 1.82) is 0 Å². The molecule has 0 radical (unpaired) electrons. The molecular weight excluding hydrogens is 350 g/mol. The zero-order valence-corrected chi connectivity index (χ0v) is 15.3. The Hall–Kier alpha value is -2.85. The fraction of sp³-hybridized carbons (Fsp3) is 0.143. The van der Waals surface area contributed by atoms with Crippen molar-refractivity contribution in [2.24, 2.45) is 0 Å². The maximum atomic E-state index is 12.3. The molecule has 0 spiro atoms. The average molecular weight is 368 g/mol. The molecule has 4 nitrogen and oxygen atoms in total. The second-order valence-electron chi connectivity index (χ2n) is 5.91. The number of rotatable bonds is 5. The van der Waals surface area contributed by atoms with Gasteiger partial charge in [-0.2, -0.15) is 0 Å². The summed E-state index contributed by atoms with van der Waals surface area (Å²) in [4.78, 5) is 24.0. The molecule has 3 rings (SSSR count). The van der Waals surface area contributed by atoms with E-state index < -0.39 is 5.97 Å². The highest BCUT2D eigenvalue weighted by Crippen LogP contribution is 2.27. The summed E-state index contributed by atoms with van der Waals surface area (Å²) in [6.45, 7) is 2.11. The van der Waals surface area contributed by atoms with Gasteiger partial charge in [0.2, 0.25) is 0 Å². The van der Waals surface area contributed by atoms with E-state index in [2.05, 4.69) is 0 Å². The third kappa shape index (κ3) is 3.28. The van der Waals surface area contributed by atoms with Gasteiger partial charge >= 0.3 is 5.97 Å². The van der Waals surface area contributed by atoms with Crippen LogP contribution in [-0.2, 0) is 16.1 Å². The first-order valence-electron chi connectivity index (χ1n) is 8.13. The monoisotopic (exact) mass is 367 g/mol. The van der Waals surface area contributed by atoms with Crippen molar-refractivity contribution < 1.29 is 14.3 Å². The van der Waals surface area contributed by atoms with Crippen LogP contribution in [-0.4, -0.2) is 23.9 Å².